The van der Waals surface area contributed by atoms with E-state index < -0.39 is 11.8 Å². The molecule has 3 heterocycles. The molecule has 33 heavy (non-hydrogen) atoms. The molecule has 4 rings (SSSR count). The first-order valence-electron chi connectivity index (χ1n) is 10.8. The average molecular weight is 448 g/mol. The molecule has 8 heteroatoms. The highest BCUT2D eigenvalue weighted by Gasteiger charge is 2.41. The monoisotopic (exact) mass is 448 g/mol. The van der Waals surface area contributed by atoms with Crippen LogP contribution in [-0.2, 0) is 16.5 Å². The second kappa shape index (κ2) is 8.54. The first kappa shape index (κ1) is 22.3. The van der Waals surface area contributed by atoms with Crippen molar-refractivity contribution in [3.63, 3.8) is 0 Å². The summed E-state index contributed by atoms with van der Waals surface area (Å²) in [5.41, 5.74) is 3.06. The molecule has 8 nitrogen and oxygen atoms in total. The van der Waals surface area contributed by atoms with Crippen molar-refractivity contribution in [1.82, 2.24) is 9.97 Å². The molecule has 3 aromatic heterocycles. The van der Waals surface area contributed by atoms with Crippen molar-refractivity contribution in [2.24, 2.45) is 7.05 Å². The fourth-order valence-electron chi connectivity index (χ4n) is 4.22. The molecular weight excluding hydrogens is 422 g/mol. The summed E-state index contributed by atoms with van der Waals surface area (Å²) in [7, 11) is 1.91. The lowest BCUT2D eigenvalue weighted by Crippen LogP contribution is -2.30. The molecule has 0 spiro atoms. The summed E-state index contributed by atoms with van der Waals surface area (Å²) >= 11 is 0. The standard InChI is InChI=1S/C25H25N3O5/c1-6-32-16(12-15-10-8-9-11-28(15)5)17-13(3)26-21-19(17)23(29)22-20(24(21)30)18(14(4)27-22)25(31)33-7-2/h8-12H,6-7H2,1-5H3,(H,27,29,30,31)/p+1. The summed E-state index contributed by atoms with van der Waals surface area (Å²) in [6.07, 6.45) is 3.76. The van der Waals surface area contributed by atoms with Crippen molar-refractivity contribution >= 4 is 29.4 Å². The summed E-state index contributed by atoms with van der Waals surface area (Å²) in [5.74, 6) is -0.956. The molecule has 0 unspecified atom stereocenters. The van der Waals surface area contributed by atoms with Gasteiger partial charge >= 0.3 is 5.97 Å². The molecule has 3 aromatic rings. The molecule has 1 aliphatic rings. The van der Waals surface area contributed by atoms with Gasteiger partial charge in [0.1, 0.15) is 12.8 Å². The molecule has 0 aromatic carbocycles. The molecule has 0 saturated heterocycles. The van der Waals surface area contributed by atoms with E-state index >= 15 is 0 Å². The van der Waals surface area contributed by atoms with Crippen LogP contribution in [0.4, 0.5) is 0 Å². The predicted octanol–water partition coefficient (Wildman–Crippen LogP) is 3.27. The number of ether oxygens (including phenoxy) is 2. The molecule has 0 saturated carbocycles. The SMILES string of the molecule is CCOC(=O)c1c(C)[nH]c2c1C(=O)c1[nH]c(C)c(C(=Cc3cccc[n+]3C)OCC)c1C2=O. The van der Waals surface area contributed by atoms with E-state index in [2.05, 4.69) is 9.97 Å². The number of H-pyrrole nitrogens is 2. The van der Waals surface area contributed by atoms with Gasteiger partial charge in [-0.3, -0.25) is 9.59 Å². The second-order valence-electron chi connectivity index (χ2n) is 7.81. The Kier molecular flexibility index (Phi) is 5.76. The van der Waals surface area contributed by atoms with Crippen molar-refractivity contribution < 1.29 is 28.4 Å². The van der Waals surface area contributed by atoms with Crippen molar-refractivity contribution in [2.75, 3.05) is 13.2 Å². The minimum absolute atomic E-state index is 0.0487. The van der Waals surface area contributed by atoms with E-state index in [1.807, 2.05) is 49.0 Å². The van der Waals surface area contributed by atoms with Crippen LogP contribution >= 0.6 is 0 Å². The largest absolute Gasteiger partial charge is 0.493 e. The van der Waals surface area contributed by atoms with Gasteiger partial charge in [-0.25, -0.2) is 9.36 Å². The lowest BCUT2D eigenvalue weighted by atomic mass is 9.88. The number of rotatable bonds is 6. The molecule has 1 aliphatic carbocycles. The molecule has 0 radical (unpaired) electrons. The summed E-state index contributed by atoms with van der Waals surface area (Å²) in [6, 6.07) is 5.76. The van der Waals surface area contributed by atoms with E-state index in [1.54, 1.807) is 20.8 Å². The second-order valence-corrected chi connectivity index (χ2v) is 7.81. The van der Waals surface area contributed by atoms with Crippen LogP contribution in [0.15, 0.2) is 24.4 Å². The molecule has 0 aliphatic heterocycles. The van der Waals surface area contributed by atoms with Crippen LogP contribution in [0.1, 0.15) is 79.0 Å². The maximum atomic E-state index is 13.6. The van der Waals surface area contributed by atoms with Crippen LogP contribution in [0.25, 0.3) is 11.8 Å². The average Bonchev–Trinajstić information content (AvgIpc) is 3.31. The lowest BCUT2D eigenvalue weighted by Gasteiger charge is -2.15. The molecule has 0 atom stereocenters. The van der Waals surface area contributed by atoms with Crippen LogP contribution in [0, 0.1) is 13.8 Å². The van der Waals surface area contributed by atoms with E-state index in [9.17, 15) is 14.4 Å². The number of hydrogen-bond donors (Lipinski definition) is 2. The molecular formula is C25H26N3O5+. The first-order valence-corrected chi connectivity index (χ1v) is 10.8. The van der Waals surface area contributed by atoms with Crippen molar-refractivity contribution in [3.8, 4) is 0 Å². The van der Waals surface area contributed by atoms with Gasteiger partial charge in [-0.05, 0) is 33.8 Å². The first-order chi connectivity index (χ1) is 15.8. The zero-order valence-electron chi connectivity index (χ0n) is 19.3. The number of carbonyl (C=O) groups is 3. The summed E-state index contributed by atoms with van der Waals surface area (Å²) < 4.78 is 13.0. The number of ketones is 2. The van der Waals surface area contributed by atoms with E-state index in [-0.39, 0.29) is 40.5 Å². The van der Waals surface area contributed by atoms with Gasteiger partial charge in [-0.15, -0.1) is 0 Å². The Balaban J connectivity index is 1.91. The Morgan fingerprint density at radius 2 is 1.52 bits per heavy atom. The van der Waals surface area contributed by atoms with E-state index in [1.165, 1.54) is 0 Å². The van der Waals surface area contributed by atoms with Gasteiger partial charge in [-0.2, -0.15) is 0 Å². The number of pyridine rings is 1. The summed E-state index contributed by atoms with van der Waals surface area (Å²) in [4.78, 5) is 45.6. The third-order valence-electron chi connectivity index (χ3n) is 5.68. The maximum Gasteiger partial charge on any atom is 0.340 e. The number of esters is 1. The van der Waals surface area contributed by atoms with Gasteiger partial charge in [0.25, 0.3) is 0 Å². The summed E-state index contributed by atoms with van der Waals surface area (Å²) in [5, 5.41) is 0. The molecule has 2 N–H and O–H groups in total. The third kappa shape index (κ3) is 3.57. The zero-order valence-corrected chi connectivity index (χ0v) is 19.3. The van der Waals surface area contributed by atoms with E-state index in [0.717, 1.165) is 5.69 Å². The van der Waals surface area contributed by atoms with Crippen LogP contribution < -0.4 is 4.57 Å². The van der Waals surface area contributed by atoms with Gasteiger partial charge in [0.05, 0.1) is 47.4 Å². The number of hydrogen-bond acceptors (Lipinski definition) is 5. The maximum absolute atomic E-state index is 13.6. The third-order valence-corrected chi connectivity index (χ3v) is 5.68. The predicted molar refractivity (Wildman–Crippen MR) is 121 cm³/mol. The minimum Gasteiger partial charge on any atom is -0.493 e. The summed E-state index contributed by atoms with van der Waals surface area (Å²) in [6.45, 7) is 7.52. The van der Waals surface area contributed by atoms with E-state index in [0.29, 0.717) is 29.3 Å². The van der Waals surface area contributed by atoms with Gasteiger partial charge in [0, 0.05) is 29.1 Å². The minimum atomic E-state index is -0.632. The van der Waals surface area contributed by atoms with Crippen LogP contribution in [0.2, 0.25) is 0 Å². The van der Waals surface area contributed by atoms with Crippen LogP contribution in [-0.4, -0.2) is 40.7 Å². The number of nitrogens with one attached hydrogen (secondary N) is 2. The number of aryl methyl sites for hydroxylation is 3. The molecule has 170 valence electrons. The highest BCUT2D eigenvalue weighted by atomic mass is 16.5. The lowest BCUT2D eigenvalue weighted by molar-refractivity contribution is -0.673. The fourth-order valence-corrected chi connectivity index (χ4v) is 4.22. The highest BCUT2D eigenvalue weighted by molar-refractivity contribution is 6.31. The van der Waals surface area contributed by atoms with Gasteiger partial charge < -0.3 is 19.4 Å². The number of aromatic amines is 2. The molecule has 0 bridgehead atoms. The Morgan fingerprint density at radius 3 is 2.09 bits per heavy atom. The van der Waals surface area contributed by atoms with Crippen molar-refractivity contribution in [2.45, 2.75) is 27.7 Å². The van der Waals surface area contributed by atoms with Crippen LogP contribution in [0.3, 0.4) is 0 Å². The number of nitrogens with zero attached hydrogens (tertiary/aromatic N) is 1. The van der Waals surface area contributed by atoms with Crippen LogP contribution in [0.5, 0.6) is 0 Å². The van der Waals surface area contributed by atoms with Gasteiger partial charge in [-0.1, -0.05) is 0 Å². The van der Waals surface area contributed by atoms with Crippen molar-refractivity contribution in [1.29, 1.82) is 0 Å². The Hall–Kier alpha value is -3.94. The quantitative estimate of drug-likeness (QED) is 0.268. The number of aromatic nitrogens is 3. The normalized spacial score (nSPS) is 13.1. The van der Waals surface area contributed by atoms with Gasteiger partial charge in [0.15, 0.2) is 6.20 Å². The number of fused-ring (bicyclic) bond motifs is 2. The highest BCUT2D eigenvalue weighted by Crippen LogP contribution is 2.37. The van der Waals surface area contributed by atoms with Gasteiger partial charge in [0.2, 0.25) is 17.3 Å². The topological polar surface area (TPSA) is 105 Å². The Morgan fingerprint density at radius 1 is 0.939 bits per heavy atom. The Bertz CT molecular complexity index is 1330. The molecule has 0 amide bonds. The smallest absolute Gasteiger partial charge is 0.340 e. The Labute approximate surface area is 191 Å². The zero-order chi connectivity index (χ0) is 23.9. The van der Waals surface area contributed by atoms with Crippen molar-refractivity contribution in [3.05, 3.63) is 75.1 Å². The molecule has 0 fully saturated rings. The van der Waals surface area contributed by atoms with E-state index in [4.69, 9.17) is 9.47 Å². The fraction of sp³-hybridized carbons (Fsp3) is 0.280. The number of carbonyl (C=O) groups excluding carboxylic acids is 3.